The maximum absolute atomic E-state index is 13.4. The molecule has 22 heavy (non-hydrogen) atoms. The van der Waals surface area contributed by atoms with E-state index in [1.165, 1.54) is 18.2 Å². The van der Waals surface area contributed by atoms with Crippen LogP contribution in [0.15, 0.2) is 48.5 Å². The Kier molecular flexibility index (Phi) is 3.47. The molecule has 0 saturated heterocycles. The molecule has 0 amide bonds. The lowest BCUT2D eigenvalue weighted by Gasteiger charge is -2.08. The Morgan fingerprint density at radius 1 is 0.955 bits per heavy atom. The molecule has 5 heteroatoms. The molecule has 0 spiro atoms. The fourth-order valence-electron chi connectivity index (χ4n) is 2.19. The van der Waals surface area contributed by atoms with E-state index in [1.807, 2.05) is 31.2 Å². The number of aromatic nitrogens is 2. The van der Waals surface area contributed by atoms with E-state index in [0.29, 0.717) is 11.4 Å². The number of nitrogens with zero attached hydrogens (tertiary/aromatic N) is 2. The quantitative estimate of drug-likeness (QED) is 0.758. The second-order valence-corrected chi connectivity index (χ2v) is 5.02. The molecule has 1 heterocycles. The third-order valence-electron chi connectivity index (χ3n) is 3.33. The first-order valence-electron chi connectivity index (χ1n) is 6.73. The predicted octanol–water partition coefficient (Wildman–Crippen LogP) is 3.55. The van der Waals surface area contributed by atoms with Crippen molar-refractivity contribution in [3.8, 4) is 28.3 Å². The fourth-order valence-corrected chi connectivity index (χ4v) is 2.19. The molecular weight excluding hydrogens is 281 g/mol. The highest BCUT2D eigenvalue weighted by Crippen LogP contribution is 2.31. The monoisotopic (exact) mass is 295 g/mol. The molecule has 0 fully saturated rings. The lowest BCUT2D eigenvalue weighted by molar-refractivity contribution is 0.475. The topological polar surface area (TPSA) is 72.0 Å². The van der Waals surface area contributed by atoms with E-state index in [1.54, 1.807) is 6.07 Å². The van der Waals surface area contributed by atoms with E-state index in [2.05, 4.69) is 9.97 Å². The van der Waals surface area contributed by atoms with Crippen LogP contribution in [0.2, 0.25) is 0 Å². The molecule has 3 N–H and O–H groups in total. The smallest absolute Gasteiger partial charge is 0.221 e. The van der Waals surface area contributed by atoms with Gasteiger partial charge >= 0.3 is 0 Å². The Bertz CT molecular complexity index is 832. The molecule has 0 aliphatic rings. The summed E-state index contributed by atoms with van der Waals surface area (Å²) in [6.07, 6.45) is 0. The predicted molar refractivity (Wildman–Crippen MR) is 83.7 cm³/mol. The zero-order valence-corrected chi connectivity index (χ0v) is 11.9. The molecular formula is C17H14FN3O. The number of hydrogen-bond acceptors (Lipinski definition) is 4. The van der Waals surface area contributed by atoms with Crippen LogP contribution in [0.1, 0.15) is 5.56 Å². The van der Waals surface area contributed by atoms with Crippen molar-refractivity contribution in [3.63, 3.8) is 0 Å². The van der Waals surface area contributed by atoms with Gasteiger partial charge in [-0.05, 0) is 31.2 Å². The second kappa shape index (κ2) is 5.44. The molecule has 1 aromatic heterocycles. The van der Waals surface area contributed by atoms with Crippen molar-refractivity contribution in [1.29, 1.82) is 0 Å². The van der Waals surface area contributed by atoms with Gasteiger partial charge < -0.3 is 10.8 Å². The first kappa shape index (κ1) is 14.0. The molecule has 0 atom stereocenters. The summed E-state index contributed by atoms with van der Waals surface area (Å²) in [5.74, 6) is -0.451. The van der Waals surface area contributed by atoms with E-state index in [4.69, 9.17) is 5.73 Å². The van der Waals surface area contributed by atoms with Gasteiger partial charge in [0.1, 0.15) is 11.6 Å². The van der Waals surface area contributed by atoms with Crippen LogP contribution in [0, 0.1) is 12.7 Å². The number of nitrogens with two attached hydrogens (primary N) is 1. The number of benzene rings is 2. The summed E-state index contributed by atoms with van der Waals surface area (Å²) in [7, 11) is 0. The highest BCUT2D eigenvalue weighted by atomic mass is 19.1. The molecule has 0 radical (unpaired) electrons. The van der Waals surface area contributed by atoms with Gasteiger partial charge in [0, 0.05) is 11.1 Å². The Labute approximate surface area is 127 Å². The Hall–Kier alpha value is -2.95. The summed E-state index contributed by atoms with van der Waals surface area (Å²) in [6, 6.07) is 13.1. The Morgan fingerprint density at radius 3 is 2.36 bits per heavy atom. The summed E-state index contributed by atoms with van der Waals surface area (Å²) in [4.78, 5) is 8.29. The maximum Gasteiger partial charge on any atom is 0.221 e. The van der Waals surface area contributed by atoms with Crippen molar-refractivity contribution in [2.24, 2.45) is 0 Å². The lowest BCUT2D eigenvalue weighted by Crippen LogP contribution is -1.99. The van der Waals surface area contributed by atoms with Crippen molar-refractivity contribution in [1.82, 2.24) is 9.97 Å². The zero-order chi connectivity index (χ0) is 15.7. The number of halogens is 1. The Morgan fingerprint density at radius 2 is 1.64 bits per heavy atom. The third-order valence-corrected chi connectivity index (χ3v) is 3.33. The first-order chi connectivity index (χ1) is 10.5. The molecule has 3 aromatic rings. The minimum Gasteiger partial charge on any atom is -0.507 e. The van der Waals surface area contributed by atoms with Gasteiger partial charge in [-0.1, -0.05) is 29.8 Å². The average molecular weight is 295 g/mol. The van der Waals surface area contributed by atoms with Gasteiger partial charge in [0.15, 0.2) is 0 Å². The normalized spacial score (nSPS) is 10.6. The van der Waals surface area contributed by atoms with E-state index in [9.17, 15) is 9.50 Å². The van der Waals surface area contributed by atoms with Gasteiger partial charge in [0.25, 0.3) is 0 Å². The number of rotatable bonds is 2. The molecule has 0 aliphatic heterocycles. The molecule has 0 aliphatic carbocycles. The number of anilines is 1. The number of nitrogen functional groups attached to an aromatic ring is 1. The third kappa shape index (κ3) is 2.74. The van der Waals surface area contributed by atoms with Crippen LogP contribution in [0.3, 0.4) is 0 Å². The molecule has 3 rings (SSSR count). The number of aromatic hydroxyl groups is 1. The van der Waals surface area contributed by atoms with Crippen molar-refractivity contribution >= 4 is 5.95 Å². The zero-order valence-electron chi connectivity index (χ0n) is 11.9. The van der Waals surface area contributed by atoms with Gasteiger partial charge in [-0.3, -0.25) is 0 Å². The average Bonchev–Trinajstić information content (AvgIpc) is 2.50. The van der Waals surface area contributed by atoms with Crippen LogP contribution in [0.5, 0.6) is 5.75 Å². The van der Waals surface area contributed by atoms with E-state index >= 15 is 0 Å². The minimum atomic E-state index is -0.457. The van der Waals surface area contributed by atoms with Gasteiger partial charge in [0.2, 0.25) is 5.95 Å². The SMILES string of the molecule is Cc1ccc(-c2cc(-c3cc(F)ccc3O)nc(N)n2)cc1. The molecule has 110 valence electrons. The van der Waals surface area contributed by atoms with Crippen molar-refractivity contribution in [2.45, 2.75) is 6.92 Å². The molecule has 0 unspecified atom stereocenters. The molecule has 0 saturated carbocycles. The lowest BCUT2D eigenvalue weighted by atomic mass is 10.1. The van der Waals surface area contributed by atoms with Crippen molar-refractivity contribution in [2.75, 3.05) is 5.73 Å². The summed E-state index contributed by atoms with van der Waals surface area (Å²) in [6.45, 7) is 1.99. The van der Waals surface area contributed by atoms with Crippen LogP contribution < -0.4 is 5.73 Å². The highest BCUT2D eigenvalue weighted by molar-refractivity contribution is 5.72. The van der Waals surface area contributed by atoms with Crippen molar-refractivity contribution in [3.05, 3.63) is 59.9 Å². The summed E-state index contributed by atoms with van der Waals surface area (Å²) in [5, 5.41) is 9.91. The molecule has 4 nitrogen and oxygen atoms in total. The largest absolute Gasteiger partial charge is 0.507 e. The number of phenolic OH excluding ortho intramolecular Hbond substituents is 1. The van der Waals surface area contributed by atoms with Crippen LogP contribution >= 0.6 is 0 Å². The number of aryl methyl sites for hydroxylation is 1. The number of phenols is 1. The van der Waals surface area contributed by atoms with Gasteiger partial charge in [-0.15, -0.1) is 0 Å². The molecule has 2 aromatic carbocycles. The van der Waals surface area contributed by atoms with E-state index in [-0.39, 0.29) is 17.3 Å². The van der Waals surface area contributed by atoms with Crippen LogP contribution in [-0.2, 0) is 0 Å². The van der Waals surface area contributed by atoms with Gasteiger partial charge in [-0.2, -0.15) is 0 Å². The number of hydrogen-bond donors (Lipinski definition) is 2. The van der Waals surface area contributed by atoms with Crippen molar-refractivity contribution < 1.29 is 9.50 Å². The minimum absolute atomic E-state index is 0.0608. The van der Waals surface area contributed by atoms with E-state index < -0.39 is 5.82 Å². The van der Waals surface area contributed by atoms with E-state index in [0.717, 1.165) is 11.1 Å². The fraction of sp³-hybridized carbons (Fsp3) is 0.0588. The van der Waals surface area contributed by atoms with Crippen LogP contribution in [-0.4, -0.2) is 15.1 Å². The maximum atomic E-state index is 13.4. The molecule has 0 bridgehead atoms. The van der Waals surface area contributed by atoms with Gasteiger partial charge in [-0.25, -0.2) is 14.4 Å². The standard InChI is InChI=1S/C17H14FN3O/c1-10-2-4-11(5-3-10)14-9-15(21-17(19)20-14)13-8-12(18)6-7-16(13)22/h2-9,22H,1H3,(H2,19,20,21). The second-order valence-electron chi connectivity index (χ2n) is 5.02. The Balaban J connectivity index is 2.14. The summed E-state index contributed by atoms with van der Waals surface area (Å²) < 4.78 is 13.4. The highest BCUT2D eigenvalue weighted by Gasteiger charge is 2.11. The summed E-state index contributed by atoms with van der Waals surface area (Å²) >= 11 is 0. The first-order valence-corrected chi connectivity index (χ1v) is 6.73. The summed E-state index contributed by atoms with van der Waals surface area (Å²) in [5.41, 5.74) is 9.03. The van der Waals surface area contributed by atoms with Gasteiger partial charge in [0.05, 0.1) is 11.4 Å². The van der Waals surface area contributed by atoms with Crippen LogP contribution in [0.4, 0.5) is 10.3 Å². The van der Waals surface area contributed by atoms with Crippen LogP contribution in [0.25, 0.3) is 22.5 Å².